The van der Waals surface area contributed by atoms with E-state index in [1.807, 2.05) is 0 Å². The zero-order chi connectivity index (χ0) is 14.9. The van der Waals surface area contributed by atoms with E-state index in [-0.39, 0.29) is 5.56 Å². The predicted molar refractivity (Wildman–Crippen MR) is 63.2 cm³/mol. The van der Waals surface area contributed by atoms with Crippen molar-refractivity contribution >= 4 is 11.6 Å². The molecule has 1 aliphatic rings. The van der Waals surface area contributed by atoms with Gasteiger partial charge in [0.1, 0.15) is 0 Å². The third-order valence-electron chi connectivity index (χ3n) is 3.10. The lowest BCUT2D eigenvalue weighted by Crippen LogP contribution is -2.28. The van der Waals surface area contributed by atoms with Crippen molar-refractivity contribution in [3.63, 3.8) is 0 Å². The highest BCUT2D eigenvalue weighted by atomic mass is 19.4. The standard InChI is InChI=1S/C12H11F3N2O3/c13-12(14,15)9-5-8(6-10(7-9)17(19)20)11(18)16-3-1-2-4-16/h5-7H,1-4H2. The predicted octanol–water partition coefficient (Wildman–Crippen LogP) is 2.85. The molecule has 0 spiro atoms. The fourth-order valence-electron chi connectivity index (χ4n) is 2.11. The molecule has 1 aromatic rings. The van der Waals surface area contributed by atoms with Gasteiger partial charge in [0, 0.05) is 30.8 Å². The molecule has 2 rings (SSSR count). The van der Waals surface area contributed by atoms with Gasteiger partial charge < -0.3 is 4.90 Å². The monoisotopic (exact) mass is 288 g/mol. The van der Waals surface area contributed by atoms with Gasteiger partial charge in [0.05, 0.1) is 10.5 Å². The van der Waals surface area contributed by atoms with Crippen LogP contribution < -0.4 is 0 Å². The molecule has 1 saturated heterocycles. The molecule has 0 atom stereocenters. The van der Waals surface area contributed by atoms with E-state index in [0.29, 0.717) is 25.2 Å². The molecule has 0 saturated carbocycles. The van der Waals surface area contributed by atoms with Crippen molar-refractivity contribution in [3.8, 4) is 0 Å². The Morgan fingerprint density at radius 2 is 1.80 bits per heavy atom. The quantitative estimate of drug-likeness (QED) is 0.621. The SMILES string of the molecule is O=C(c1cc([N+](=O)[O-])cc(C(F)(F)F)c1)N1CCCC1. The molecule has 0 aromatic heterocycles. The average Bonchev–Trinajstić information content (AvgIpc) is 2.90. The van der Waals surface area contributed by atoms with Crippen LogP contribution in [-0.4, -0.2) is 28.8 Å². The maximum absolute atomic E-state index is 12.7. The third-order valence-corrected chi connectivity index (χ3v) is 3.10. The fraction of sp³-hybridized carbons (Fsp3) is 0.417. The number of benzene rings is 1. The van der Waals surface area contributed by atoms with Crippen LogP contribution in [0.3, 0.4) is 0 Å². The van der Waals surface area contributed by atoms with E-state index < -0.39 is 28.3 Å². The zero-order valence-corrected chi connectivity index (χ0v) is 10.3. The third kappa shape index (κ3) is 2.89. The van der Waals surface area contributed by atoms with Crippen LogP contribution in [0.15, 0.2) is 18.2 Å². The van der Waals surface area contributed by atoms with Gasteiger partial charge >= 0.3 is 6.18 Å². The summed E-state index contributed by atoms with van der Waals surface area (Å²) in [6.07, 6.45) is -3.16. The summed E-state index contributed by atoms with van der Waals surface area (Å²) in [5, 5.41) is 10.7. The van der Waals surface area contributed by atoms with Gasteiger partial charge in [0.2, 0.25) is 0 Å². The van der Waals surface area contributed by atoms with Gasteiger partial charge in [0.25, 0.3) is 11.6 Å². The number of carbonyl (C=O) groups is 1. The number of carbonyl (C=O) groups excluding carboxylic acids is 1. The maximum atomic E-state index is 12.7. The van der Waals surface area contributed by atoms with E-state index >= 15 is 0 Å². The summed E-state index contributed by atoms with van der Waals surface area (Å²) in [5.74, 6) is -0.600. The molecule has 8 heteroatoms. The summed E-state index contributed by atoms with van der Waals surface area (Å²) < 4.78 is 38.1. The van der Waals surface area contributed by atoms with Crippen LogP contribution in [0, 0.1) is 10.1 Å². The first kappa shape index (κ1) is 14.3. The minimum atomic E-state index is -4.73. The van der Waals surface area contributed by atoms with Crippen LogP contribution >= 0.6 is 0 Å². The van der Waals surface area contributed by atoms with Crippen LogP contribution in [-0.2, 0) is 6.18 Å². The molecule has 1 aliphatic heterocycles. The summed E-state index contributed by atoms with van der Waals surface area (Å²) in [6.45, 7) is 0.922. The van der Waals surface area contributed by atoms with Crippen LogP contribution in [0.1, 0.15) is 28.8 Å². The number of nitro groups is 1. The first-order valence-corrected chi connectivity index (χ1v) is 5.95. The molecule has 0 radical (unpaired) electrons. The highest BCUT2D eigenvalue weighted by molar-refractivity contribution is 5.95. The average molecular weight is 288 g/mol. The lowest BCUT2D eigenvalue weighted by atomic mass is 10.1. The van der Waals surface area contributed by atoms with Gasteiger partial charge in [-0.25, -0.2) is 0 Å². The Hall–Kier alpha value is -2.12. The topological polar surface area (TPSA) is 63.4 Å². The lowest BCUT2D eigenvalue weighted by Gasteiger charge is -2.16. The molecular formula is C12H11F3N2O3. The number of rotatable bonds is 2. The van der Waals surface area contributed by atoms with E-state index in [1.165, 1.54) is 4.90 Å². The highest BCUT2D eigenvalue weighted by Gasteiger charge is 2.34. The molecule has 1 aromatic carbocycles. The van der Waals surface area contributed by atoms with Crippen molar-refractivity contribution < 1.29 is 22.9 Å². The van der Waals surface area contributed by atoms with Gasteiger partial charge in [-0.3, -0.25) is 14.9 Å². The molecular weight excluding hydrogens is 277 g/mol. The fourth-order valence-corrected chi connectivity index (χ4v) is 2.11. The van der Waals surface area contributed by atoms with Gasteiger partial charge in [0.15, 0.2) is 0 Å². The Balaban J connectivity index is 2.43. The van der Waals surface area contributed by atoms with Gasteiger partial charge in [-0.1, -0.05) is 0 Å². The number of alkyl halides is 3. The Morgan fingerprint density at radius 1 is 1.20 bits per heavy atom. The molecule has 5 nitrogen and oxygen atoms in total. The number of amides is 1. The van der Waals surface area contributed by atoms with E-state index in [1.54, 1.807) is 0 Å². The Kier molecular flexibility index (Phi) is 3.65. The molecule has 1 heterocycles. The van der Waals surface area contributed by atoms with E-state index in [4.69, 9.17) is 0 Å². The number of hydrogen-bond acceptors (Lipinski definition) is 3. The number of halogens is 3. The summed E-state index contributed by atoms with van der Waals surface area (Å²) in [7, 11) is 0. The molecule has 0 bridgehead atoms. The number of nitrogens with zero attached hydrogens (tertiary/aromatic N) is 2. The van der Waals surface area contributed by atoms with Crippen molar-refractivity contribution in [2.24, 2.45) is 0 Å². The van der Waals surface area contributed by atoms with Crippen molar-refractivity contribution in [1.82, 2.24) is 4.90 Å². The first-order chi connectivity index (χ1) is 9.29. The minimum Gasteiger partial charge on any atom is -0.339 e. The number of non-ortho nitro benzene ring substituents is 1. The van der Waals surface area contributed by atoms with Gasteiger partial charge in [-0.15, -0.1) is 0 Å². The summed E-state index contributed by atoms with van der Waals surface area (Å²) in [5.41, 5.74) is -2.22. The molecule has 0 aliphatic carbocycles. The summed E-state index contributed by atoms with van der Waals surface area (Å²) in [4.78, 5) is 23.2. The normalized spacial score (nSPS) is 15.4. The Morgan fingerprint density at radius 3 is 2.30 bits per heavy atom. The molecule has 108 valence electrons. The first-order valence-electron chi connectivity index (χ1n) is 5.95. The number of nitro benzene ring substituents is 1. The van der Waals surface area contributed by atoms with E-state index in [9.17, 15) is 28.1 Å². The molecule has 0 unspecified atom stereocenters. The highest BCUT2D eigenvalue weighted by Crippen LogP contribution is 2.33. The van der Waals surface area contributed by atoms with Crippen LogP contribution in [0.5, 0.6) is 0 Å². The van der Waals surface area contributed by atoms with Crippen LogP contribution in [0.4, 0.5) is 18.9 Å². The number of likely N-dealkylation sites (tertiary alicyclic amines) is 1. The number of hydrogen-bond donors (Lipinski definition) is 0. The summed E-state index contributed by atoms with van der Waals surface area (Å²) >= 11 is 0. The molecule has 1 amide bonds. The Labute approximate surface area is 112 Å². The lowest BCUT2D eigenvalue weighted by molar-refractivity contribution is -0.385. The zero-order valence-electron chi connectivity index (χ0n) is 10.3. The maximum Gasteiger partial charge on any atom is 0.416 e. The minimum absolute atomic E-state index is 0.298. The van der Waals surface area contributed by atoms with Crippen LogP contribution in [0.25, 0.3) is 0 Å². The van der Waals surface area contributed by atoms with Gasteiger partial charge in [-0.05, 0) is 18.9 Å². The second-order valence-electron chi connectivity index (χ2n) is 4.52. The molecule has 0 N–H and O–H groups in total. The Bertz CT molecular complexity index is 551. The van der Waals surface area contributed by atoms with Crippen molar-refractivity contribution in [1.29, 1.82) is 0 Å². The second-order valence-corrected chi connectivity index (χ2v) is 4.52. The smallest absolute Gasteiger partial charge is 0.339 e. The van der Waals surface area contributed by atoms with Crippen LogP contribution in [0.2, 0.25) is 0 Å². The largest absolute Gasteiger partial charge is 0.416 e. The molecule has 1 fully saturated rings. The molecule has 20 heavy (non-hydrogen) atoms. The van der Waals surface area contributed by atoms with Crippen molar-refractivity contribution in [2.75, 3.05) is 13.1 Å². The van der Waals surface area contributed by atoms with E-state index in [2.05, 4.69) is 0 Å². The van der Waals surface area contributed by atoms with Crippen molar-refractivity contribution in [3.05, 3.63) is 39.4 Å². The second kappa shape index (κ2) is 5.10. The summed E-state index contributed by atoms with van der Waals surface area (Å²) in [6, 6.07) is 1.98. The van der Waals surface area contributed by atoms with Gasteiger partial charge in [-0.2, -0.15) is 13.2 Å². The van der Waals surface area contributed by atoms with E-state index in [0.717, 1.165) is 18.9 Å². The van der Waals surface area contributed by atoms with Crippen molar-refractivity contribution in [2.45, 2.75) is 19.0 Å².